The summed E-state index contributed by atoms with van der Waals surface area (Å²) in [7, 11) is 1.55. The Morgan fingerprint density at radius 1 is 1.50 bits per heavy atom. The van der Waals surface area contributed by atoms with Crippen molar-refractivity contribution in [3.63, 3.8) is 0 Å². The number of methoxy groups -OCH3 is 1. The van der Waals surface area contributed by atoms with Gasteiger partial charge in [0.2, 0.25) is 5.91 Å². The van der Waals surface area contributed by atoms with Crippen LogP contribution in [-0.2, 0) is 4.79 Å². The lowest BCUT2D eigenvalue weighted by atomic mass is 10.0. The number of carbonyl (C=O) groups is 1. The average Bonchev–Trinajstić information content (AvgIpc) is 2.36. The summed E-state index contributed by atoms with van der Waals surface area (Å²) < 4.78 is 5.97. The molecule has 0 aliphatic carbocycles. The van der Waals surface area contributed by atoms with Crippen molar-refractivity contribution in [1.29, 1.82) is 0 Å². The number of hydrogen-bond acceptors (Lipinski definition) is 3. The van der Waals surface area contributed by atoms with E-state index in [1.54, 1.807) is 19.2 Å². The van der Waals surface area contributed by atoms with Crippen LogP contribution in [0.3, 0.4) is 0 Å². The lowest BCUT2D eigenvalue weighted by molar-refractivity contribution is -0.116. The van der Waals surface area contributed by atoms with Crippen LogP contribution >= 0.6 is 27.5 Å². The summed E-state index contributed by atoms with van der Waals surface area (Å²) >= 11 is 9.34. The first-order valence-electron chi connectivity index (χ1n) is 6.50. The van der Waals surface area contributed by atoms with E-state index in [1.165, 1.54) is 0 Å². The number of carbonyl (C=O) groups excluding carboxylic acids is 1. The van der Waals surface area contributed by atoms with Crippen molar-refractivity contribution in [2.75, 3.05) is 19.0 Å². The summed E-state index contributed by atoms with van der Waals surface area (Å²) in [4.78, 5) is 12.0. The third-order valence-electron chi connectivity index (χ3n) is 3.01. The molecule has 0 aliphatic rings. The van der Waals surface area contributed by atoms with Crippen molar-refractivity contribution in [2.24, 2.45) is 11.7 Å². The third-order valence-corrected chi connectivity index (χ3v) is 3.82. The molecule has 0 heterocycles. The van der Waals surface area contributed by atoms with Crippen LogP contribution < -0.4 is 15.8 Å². The maximum absolute atomic E-state index is 12.0. The van der Waals surface area contributed by atoms with E-state index in [4.69, 9.17) is 22.1 Å². The van der Waals surface area contributed by atoms with E-state index in [0.29, 0.717) is 39.8 Å². The van der Waals surface area contributed by atoms with Crippen molar-refractivity contribution in [2.45, 2.75) is 26.2 Å². The first-order valence-corrected chi connectivity index (χ1v) is 7.68. The summed E-state index contributed by atoms with van der Waals surface area (Å²) in [6.07, 6.45) is 2.20. The van der Waals surface area contributed by atoms with Gasteiger partial charge in [-0.1, -0.05) is 18.5 Å². The molecule has 0 spiro atoms. The van der Waals surface area contributed by atoms with Crippen molar-refractivity contribution in [3.8, 4) is 5.75 Å². The quantitative estimate of drug-likeness (QED) is 0.774. The Morgan fingerprint density at radius 2 is 2.20 bits per heavy atom. The number of amides is 1. The number of hydrogen-bond donors (Lipinski definition) is 2. The molecule has 0 bridgehead atoms. The van der Waals surface area contributed by atoms with Gasteiger partial charge in [0.15, 0.2) is 5.75 Å². The summed E-state index contributed by atoms with van der Waals surface area (Å²) in [5.74, 6) is 0.956. The standard InChI is InChI=1S/C14H20BrClN2O2/c1-9(5-6-17)3-4-13(19)18-12-8-10(16)7-11(15)14(12)20-2/h7-9H,3-6,17H2,1-2H3,(H,18,19). The lowest BCUT2D eigenvalue weighted by Crippen LogP contribution is -2.14. The Morgan fingerprint density at radius 3 is 2.80 bits per heavy atom. The highest BCUT2D eigenvalue weighted by Crippen LogP contribution is 2.36. The van der Waals surface area contributed by atoms with E-state index in [1.807, 2.05) is 0 Å². The number of halogens is 2. The molecule has 1 atom stereocenters. The topological polar surface area (TPSA) is 64.3 Å². The van der Waals surface area contributed by atoms with Crippen molar-refractivity contribution >= 4 is 39.1 Å². The second-order valence-corrected chi connectivity index (χ2v) is 6.03. The minimum Gasteiger partial charge on any atom is -0.493 e. The number of anilines is 1. The lowest BCUT2D eigenvalue weighted by Gasteiger charge is -2.13. The monoisotopic (exact) mass is 362 g/mol. The molecule has 1 unspecified atom stereocenters. The fourth-order valence-corrected chi connectivity index (χ4v) is 2.85. The Balaban J connectivity index is 2.66. The molecule has 1 aromatic rings. The number of ether oxygens (including phenoxy) is 1. The summed E-state index contributed by atoms with van der Waals surface area (Å²) in [5.41, 5.74) is 6.07. The molecule has 20 heavy (non-hydrogen) atoms. The molecular formula is C14H20BrClN2O2. The van der Waals surface area contributed by atoms with Gasteiger partial charge in [0.1, 0.15) is 0 Å². The summed E-state index contributed by atoms with van der Waals surface area (Å²) in [6, 6.07) is 3.39. The van der Waals surface area contributed by atoms with Gasteiger partial charge in [-0.05, 0) is 53.4 Å². The maximum atomic E-state index is 12.0. The van der Waals surface area contributed by atoms with Crippen LogP contribution in [0, 0.1) is 5.92 Å². The van der Waals surface area contributed by atoms with E-state index in [2.05, 4.69) is 28.2 Å². The van der Waals surface area contributed by atoms with E-state index in [0.717, 1.165) is 12.8 Å². The zero-order chi connectivity index (χ0) is 15.1. The molecule has 4 nitrogen and oxygen atoms in total. The highest BCUT2D eigenvalue weighted by Gasteiger charge is 2.13. The Hall–Kier alpha value is -0.780. The van der Waals surface area contributed by atoms with Crippen molar-refractivity contribution < 1.29 is 9.53 Å². The Kier molecular flexibility index (Phi) is 7.34. The molecule has 1 rings (SSSR count). The zero-order valence-electron chi connectivity index (χ0n) is 11.7. The molecule has 1 amide bonds. The van der Waals surface area contributed by atoms with Crippen LogP contribution in [0.25, 0.3) is 0 Å². The second kappa shape index (κ2) is 8.49. The van der Waals surface area contributed by atoms with E-state index < -0.39 is 0 Å². The fraction of sp³-hybridized carbons (Fsp3) is 0.500. The molecule has 112 valence electrons. The molecule has 3 N–H and O–H groups in total. The molecule has 0 saturated carbocycles. The molecular weight excluding hydrogens is 344 g/mol. The van der Waals surface area contributed by atoms with Gasteiger partial charge in [-0.25, -0.2) is 0 Å². The molecule has 0 aliphatic heterocycles. The van der Waals surface area contributed by atoms with Gasteiger partial charge in [-0.2, -0.15) is 0 Å². The fourth-order valence-electron chi connectivity index (χ4n) is 1.88. The molecule has 0 aromatic heterocycles. The van der Waals surface area contributed by atoms with Crippen LogP contribution in [0.15, 0.2) is 16.6 Å². The normalized spacial score (nSPS) is 12.1. The zero-order valence-corrected chi connectivity index (χ0v) is 14.1. The van der Waals surface area contributed by atoms with Crippen LogP contribution in [0.2, 0.25) is 5.02 Å². The van der Waals surface area contributed by atoms with Crippen LogP contribution in [0.4, 0.5) is 5.69 Å². The molecule has 0 fully saturated rings. The smallest absolute Gasteiger partial charge is 0.224 e. The van der Waals surface area contributed by atoms with E-state index >= 15 is 0 Å². The summed E-state index contributed by atoms with van der Waals surface area (Å²) in [5, 5.41) is 3.36. The Bertz CT molecular complexity index is 469. The minimum absolute atomic E-state index is 0.0543. The maximum Gasteiger partial charge on any atom is 0.224 e. The van der Waals surface area contributed by atoms with Crippen LogP contribution in [0.5, 0.6) is 5.75 Å². The highest BCUT2D eigenvalue weighted by molar-refractivity contribution is 9.10. The number of nitrogens with one attached hydrogen (secondary N) is 1. The molecule has 1 aromatic carbocycles. The third kappa shape index (κ3) is 5.31. The SMILES string of the molecule is COc1c(Br)cc(Cl)cc1NC(=O)CCC(C)CCN. The van der Waals surface area contributed by atoms with Gasteiger partial charge in [-0.15, -0.1) is 0 Å². The van der Waals surface area contributed by atoms with Gasteiger partial charge in [0, 0.05) is 11.4 Å². The number of nitrogens with two attached hydrogens (primary N) is 1. The van der Waals surface area contributed by atoms with Gasteiger partial charge in [0.05, 0.1) is 17.3 Å². The van der Waals surface area contributed by atoms with Crippen LogP contribution in [0.1, 0.15) is 26.2 Å². The number of benzene rings is 1. The van der Waals surface area contributed by atoms with Gasteiger partial charge < -0.3 is 15.8 Å². The van der Waals surface area contributed by atoms with E-state index in [9.17, 15) is 4.79 Å². The number of rotatable bonds is 7. The first-order chi connectivity index (χ1) is 9.47. The summed E-state index contributed by atoms with van der Waals surface area (Å²) in [6.45, 7) is 2.74. The largest absolute Gasteiger partial charge is 0.493 e. The predicted molar refractivity (Wildman–Crippen MR) is 86.4 cm³/mol. The van der Waals surface area contributed by atoms with Gasteiger partial charge in [0.25, 0.3) is 0 Å². The predicted octanol–water partition coefficient (Wildman–Crippen LogP) is 3.81. The van der Waals surface area contributed by atoms with E-state index in [-0.39, 0.29) is 5.91 Å². The molecule has 0 saturated heterocycles. The van der Waals surface area contributed by atoms with Crippen LogP contribution in [-0.4, -0.2) is 19.6 Å². The Labute approximate surface area is 133 Å². The second-order valence-electron chi connectivity index (χ2n) is 4.74. The average molecular weight is 364 g/mol. The van der Waals surface area contributed by atoms with Gasteiger partial charge >= 0.3 is 0 Å². The van der Waals surface area contributed by atoms with Crippen molar-refractivity contribution in [1.82, 2.24) is 0 Å². The molecule has 0 radical (unpaired) electrons. The van der Waals surface area contributed by atoms with Crippen molar-refractivity contribution in [3.05, 3.63) is 21.6 Å². The first kappa shape index (κ1) is 17.3. The minimum atomic E-state index is -0.0543. The van der Waals surface area contributed by atoms with Gasteiger partial charge in [-0.3, -0.25) is 4.79 Å². The highest BCUT2D eigenvalue weighted by atomic mass is 79.9. The molecule has 6 heteroatoms.